The molecule has 0 bridgehead atoms. The number of aromatic amines is 1. The molecule has 8 nitrogen and oxygen atoms in total. The number of aromatic nitrogens is 5. The van der Waals surface area contributed by atoms with Crippen molar-refractivity contribution in [1.29, 1.82) is 0 Å². The first-order valence-electron chi connectivity index (χ1n) is 10.1. The fourth-order valence-corrected chi connectivity index (χ4v) is 3.33. The third kappa shape index (κ3) is 4.93. The predicted molar refractivity (Wildman–Crippen MR) is 129 cm³/mol. The monoisotopic (exact) mass is 464 g/mol. The van der Waals surface area contributed by atoms with Crippen LogP contribution < -0.4 is 16.0 Å². The number of pyridine rings is 1. The van der Waals surface area contributed by atoms with Gasteiger partial charge in [-0.1, -0.05) is 24.2 Å². The number of benzene rings is 1. The molecular formula is C23H22ClFN8. The Morgan fingerprint density at radius 3 is 2.58 bits per heavy atom. The van der Waals surface area contributed by atoms with Gasteiger partial charge in [0.1, 0.15) is 10.8 Å². The zero-order valence-corrected chi connectivity index (χ0v) is 19.0. The van der Waals surface area contributed by atoms with Crippen molar-refractivity contribution in [3.05, 3.63) is 77.1 Å². The van der Waals surface area contributed by atoms with Gasteiger partial charge in [0.25, 0.3) is 0 Å². The third-order valence-electron chi connectivity index (χ3n) is 4.94. The highest BCUT2D eigenvalue weighted by Gasteiger charge is 2.13. The molecule has 4 rings (SSSR count). The Kier molecular flexibility index (Phi) is 6.23. The zero-order chi connectivity index (χ0) is 23.5. The number of H-pyrrole nitrogens is 1. The molecule has 0 saturated heterocycles. The highest BCUT2D eigenvalue weighted by Crippen LogP contribution is 2.30. The number of nitrogens with one attached hydrogen (secondary N) is 4. The van der Waals surface area contributed by atoms with Gasteiger partial charge in [0.05, 0.1) is 23.3 Å². The number of hydrogen-bond donors (Lipinski definition) is 4. The maximum Gasteiger partial charge on any atom is 0.229 e. The number of aryl methyl sites for hydroxylation is 2. The molecule has 0 aliphatic rings. The van der Waals surface area contributed by atoms with Gasteiger partial charge in [-0.2, -0.15) is 10.1 Å². The molecule has 1 aromatic carbocycles. The van der Waals surface area contributed by atoms with E-state index in [-0.39, 0.29) is 11.6 Å². The van der Waals surface area contributed by atoms with Crippen LogP contribution in [0.2, 0.25) is 5.02 Å². The minimum atomic E-state index is -0.449. The lowest BCUT2D eigenvalue weighted by Crippen LogP contribution is -2.04. The summed E-state index contributed by atoms with van der Waals surface area (Å²) in [6.45, 7) is 7.67. The molecule has 0 radical (unpaired) electrons. The van der Waals surface area contributed by atoms with Crippen molar-refractivity contribution >= 4 is 40.6 Å². The molecule has 33 heavy (non-hydrogen) atoms. The Balaban J connectivity index is 1.57. The fourth-order valence-electron chi connectivity index (χ4n) is 3.19. The highest BCUT2D eigenvalue weighted by molar-refractivity contribution is 6.32. The summed E-state index contributed by atoms with van der Waals surface area (Å²) in [5, 5.41) is 16.1. The molecule has 10 heteroatoms. The summed E-state index contributed by atoms with van der Waals surface area (Å²) in [4.78, 5) is 12.9. The van der Waals surface area contributed by atoms with Crippen molar-refractivity contribution in [2.45, 2.75) is 13.8 Å². The van der Waals surface area contributed by atoms with Crippen molar-refractivity contribution in [1.82, 2.24) is 30.5 Å². The number of halogens is 2. The molecule has 3 heterocycles. The van der Waals surface area contributed by atoms with Gasteiger partial charge >= 0.3 is 0 Å². The molecule has 4 N–H and O–H groups in total. The molecular weight excluding hydrogens is 443 g/mol. The van der Waals surface area contributed by atoms with Crippen molar-refractivity contribution in [2.24, 2.45) is 0 Å². The molecule has 0 fully saturated rings. The van der Waals surface area contributed by atoms with Crippen LogP contribution in [0.25, 0.3) is 16.8 Å². The van der Waals surface area contributed by atoms with E-state index in [2.05, 4.69) is 47.7 Å². The maximum atomic E-state index is 15.0. The number of rotatable bonds is 7. The van der Waals surface area contributed by atoms with Crippen LogP contribution in [0.3, 0.4) is 0 Å². The van der Waals surface area contributed by atoms with Crippen LogP contribution >= 0.6 is 11.6 Å². The second-order valence-corrected chi connectivity index (χ2v) is 7.79. The molecule has 0 aliphatic heterocycles. The van der Waals surface area contributed by atoms with Gasteiger partial charge in [-0.25, -0.2) is 9.37 Å². The Morgan fingerprint density at radius 1 is 1.09 bits per heavy atom. The zero-order valence-electron chi connectivity index (χ0n) is 18.3. The molecule has 0 unspecified atom stereocenters. The molecule has 4 aromatic rings. The lowest BCUT2D eigenvalue weighted by atomic mass is 10.0. The SMILES string of the molecule is C=C(NC)c1ccc(-c2cc(F)c(Nc3ncc(Cl)c(Nc4cc(C)[nH]n4)n3)cc2C)cn1. The Hall–Kier alpha value is -3.98. The first-order chi connectivity index (χ1) is 15.8. The van der Waals surface area contributed by atoms with Gasteiger partial charge in [0.2, 0.25) is 5.95 Å². The van der Waals surface area contributed by atoms with E-state index in [0.29, 0.717) is 22.4 Å². The lowest BCUT2D eigenvalue weighted by molar-refractivity contribution is 0.631. The summed E-state index contributed by atoms with van der Waals surface area (Å²) in [5.74, 6) is 0.652. The minimum Gasteiger partial charge on any atom is -0.387 e. The summed E-state index contributed by atoms with van der Waals surface area (Å²) in [6.07, 6.45) is 3.13. The van der Waals surface area contributed by atoms with Gasteiger partial charge < -0.3 is 16.0 Å². The van der Waals surface area contributed by atoms with Gasteiger partial charge in [0, 0.05) is 30.6 Å². The summed E-state index contributed by atoms with van der Waals surface area (Å²) >= 11 is 6.20. The predicted octanol–water partition coefficient (Wildman–Crippen LogP) is 5.35. The second-order valence-electron chi connectivity index (χ2n) is 7.38. The van der Waals surface area contributed by atoms with Crippen LogP contribution in [0, 0.1) is 19.7 Å². The lowest BCUT2D eigenvalue weighted by Gasteiger charge is -2.13. The van der Waals surface area contributed by atoms with Crippen LogP contribution in [-0.2, 0) is 0 Å². The van der Waals surface area contributed by atoms with E-state index in [1.165, 1.54) is 12.3 Å². The second kappa shape index (κ2) is 9.25. The van der Waals surface area contributed by atoms with Gasteiger partial charge in [-0.05, 0) is 43.2 Å². The van der Waals surface area contributed by atoms with Crippen LogP contribution in [0.4, 0.5) is 27.7 Å². The molecule has 0 spiro atoms. The van der Waals surface area contributed by atoms with Crippen LogP contribution in [0.15, 0.2) is 49.3 Å². The number of nitrogens with zero attached hydrogens (tertiary/aromatic N) is 4. The Bertz CT molecular complexity index is 1320. The van der Waals surface area contributed by atoms with Crippen molar-refractivity contribution < 1.29 is 4.39 Å². The summed E-state index contributed by atoms with van der Waals surface area (Å²) in [6, 6.07) is 8.70. The van der Waals surface area contributed by atoms with Gasteiger partial charge in [-0.3, -0.25) is 10.1 Å². The Morgan fingerprint density at radius 2 is 1.91 bits per heavy atom. The standard InChI is InChI=1S/C23H22ClFN8/c1-12-7-20(18(25)9-16(12)15-5-6-19(27-10-15)14(3)26-4)29-23-28-11-17(24)22(31-23)30-21-8-13(2)32-33-21/h5-11,26H,3H2,1-2,4H3,(H3,28,29,30,31,32,33). The molecule has 0 amide bonds. The topological polar surface area (TPSA) is 103 Å². The van der Waals surface area contributed by atoms with Crippen molar-refractivity contribution in [3.63, 3.8) is 0 Å². The van der Waals surface area contributed by atoms with Crippen molar-refractivity contribution in [3.8, 4) is 11.1 Å². The number of hydrogen-bond acceptors (Lipinski definition) is 7. The summed E-state index contributed by atoms with van der Waals surface area (Å²) in [7, 11) is 1.78. The number of anilines is 4. The highest BCUT2D eigenvalue weighted by atomic mass is 35.5. The summed E-state index contributed by atoms with van der Waals surface area (Å²) in [5.41, 5.74) is 4.97. The van der Waals surface area contributed by atoms with Crippen LogP contribution in [0.5, 0.6) is 0 Å². The average Bonchev–Trinajstić information content (AvgIpc) is 3.22. The van der Waals surface area contributed by atoms with Crippen molar-refractivity contribution in [2.75, 3.05) is 17.7 Å². The van der Waals surface area contributed by atoms with E-state index in [9.17, 15) is 4.39 Å². The minimum absolute atomic E-state index is 0.191. The van der Waals surface area contributed by atoms with Crippen LogP contribution in [0.1, 0.15) is 17.0 Å². The van der Waals surface area contributed by atoms with Crippen LogP contribution in [-0.4, -0.2) is 32.2 Å². The largest absolute Gasteiger partial charge is 0.387 e. The normalized spacial score (nSPS) is 10.7. The van der Waals surface area contributed by atoms with E-state index < -0.39 is 5.82 Å². The average molecular weight is 465 g/mol. The quantitative estimate of drug-likeness (QED) is 0.292. The third-order valence-corrected chi connectivity index (χ3v) is 5.22. The van der Waals surface area contributed by atoms with E-state index in [1.54, 1.807) is 19.3 Å². The smallest absolute Gasteiger partial charge is 0.229 e. The van der Waals surface area contributed by atoms with Gasteiger partial charge in [0.15, 0.2) is 11.6 Å². The fraction of sp³-hybridized carbons (Fsp3) is 0.130. The molecule has 168 valence electrons. The van der Waals surface area contributed by atoms with E-state index >= 15 is 0 Å². The molecule has 3 aromatic heterocycles. The molecule has 0 aliphatic carbocycles. The Labute approximate surface area is 195 Å². The first-order valence-corrected chi connectivity index (χ1v) is 10.4. The van der Waals surface area contributed by atoms with E-state index in [4.69, 9.17) is 11.6 Å². The first kappa shape index (κ1) is 22.2. The van der Waals surface area contributed by atoms with Gasteiger partial charge in [-0.15, -0.1) is 0 Å². The van der Waals surface area contributed by atoms with E-state index in [0.717, 1.165) is 28.1 Å². The molecule has 0 saturated carbocycles. The molecule has 0 atom stereocenters. The van der Waals surface area contributed by atoms with E-state index in [1.807, 2.05) is 32.0 Å². The summed E-state index contributed by atoms with van der Waals surface area (Å²) < 4.78 is 15.0. The maximum absolute atomic E-state index is 15.0.